The van der Waals surface area contributed by atoms with Crippen LogP contribution in [0.4, 0.5) is 0 Å². The molecule has 2 aromatic heterocycles. The van der Waals surface area contributed by atoms with Crippen molar-refractivity contribution >= 4 is 0 Å². The Balaban J connectivity index is 1.37. The third-order valence-corrected chi connectivity index (χ3v) is 5.01. The molecule has 27 heavy (non-hydrogen) atoms. The first-order valence-electron chi connectivity index (χ1n) is 9.42. The van der Waals surface area contributed by atoms with Crippen molar-refractivity contribution in [2.75, 3.05) is 0 Å². The molecule has 3 heterocycles. The second-order valence-corrected chi connectivity index (χ2v) is 7.14. The fourth-order valence-corrected chi connectivity index (χ4v) is 3.67. The van der Waals surface area contributed by atoms with Crippen molar-refractivity contribution in [3.8, 4) is 5.75 Å². The number of nitrogens with one attached hydrogen (secondary N) is 1. The maximum Gasteiger partial charge on any atom is 0.138 e. The van der Waals surface area contributed by atoms with Gasteiger partial charge < -0.3 is 10.1 Å². The zero-order valence-electron chi connectivity index (χ0n) is 15.9. The number of aromatic nitrogens is 4. The third kappa shape index (κ3) is 4.17. The summed E-state index contributed by atoms with van der Waals surface area (Å²) in [4.78, 5) is 8.60. The molecule has 0 radical (unpaired) electrons. The van der Waals surface area contributed by atoms with E-state index in [1.807, 2.05) is 22.9 Å². The number of pyridine rings is 1. The van der Waals surface area contributed by atoms with Gasteiger partial charge in [-0.3, -0.25) is 4.98 Å². The highest BCUT2D eigenvalue weighted by molar-refractivity contribution is 5.43. The van der Waals surface area contributed by atoms with Crippen molar-refractivity contribution in [1.82, 2.24) is 25.1 Å². The molecule has 0 saturated carbocycles. The van der Waals surface area contributed by atoms with Crippen molar-refractivity contribution in [3.63, 3.8) is 0 Å². The number of fused-ring (bicyclic) bond motifs is 1. The fraction of sp³-hybridized carbons (Fsp3) is 0.381. The highest BCUT2D eigenvalue weighted by Gasteiger charge is 2.19. The molecule has 0 aliphatic carbocycles. The van der Waals surface area contributed by atoms with Crippen molar-refractivity contribution in [2.45, 2.75) is 52.4 Å². The van der Waals surface area contributed by atoms with E-state index < -0.39 is 0 Å². The van der Waals surface area contributed by atoms with Gasteiger partial charge in [-0.15, -0.1) is 0 Å². The predicted octanol–water partition coefficient (Wildman–Crippen LogP) is 2.97. The van der Waals surface area contributed by atoms with E-state index in [2.05, 4.69) is 46.4 Å². The molecule has 3 aromatic rings. The molecule has 0 amide bonds. The quantitative estimate of drug-likeness (QED) is 0.729. The molecule has 1 aromatic carbocycles. The average Bonchev–Trinajstić information content (AvgIpc) is 3.14. The Morgan fingerprint density at radius 2 is 2.04 bits per heavy atom. The van der Waals surface area contributed by atoms with Crippen LogP contribution in [0.1, 0.15) is 34.6 Å². The van der Waals surface area contributed by atoms with Crippen LogP contribution in [0.15, 0.2) is 42.9 Å². The first-order valence-corrected chi connectivity index (χ1v) is 9.42. The summed E-state index contributed by atoms with van der Waals surface area (Å²) in [5.74, 6) is 2.04. The number of nitrogens with zero attached hydrogens (tertiary/aromatic N) is 4. The van der Waals surface area contributed by atoms with Crippen LogP contribution in [-0.4, -0.2) is 25.8 Å². The molecule has 1 unspecified atom stereocenters. The Hall–Kier alpha value is -2.73. The van der Waals surface area contributed by atoms with E-state index in [0.717, 1.165) is 54.3 Å². The first-order chi connectivity index (χ1) is 13.2. The van der Waals surface area contributed by atoms with Crippen LogP contribution in [0.5, 0.6) is 5.75 Å². The highest BCUT2D eigenvalue weighted by Crippen LogP contribution is 2.26. The van der Waals surface area contributed by atoms with E-state index in [4.69, 9.17) is 4.74 Å². The van der Waals surface area contributed by atoms with Gasteiger partial charge in [0, 0.05) is 25.2 Å². The van der Waals surface area contributed by atoms with Gasteiger partial charge in [-0.05, 0) is 49.1 Å². The normalized spacial score (nSPS) is 16.1. The summed E-state index contributed by atoms with van der Waals surface area (Å²) in [6, 6.07) is 10.7. The Kier molecular flexibility index (Phi) is 5.16. The van der Waals surface area contributed by atoms with E-state index in [-0.39, 0.29) is 0 Å². The minimum absolute atomic E-state index is 0.430. The van der Waals surface area contributed by atoms with E-state index in [0.29, 0.717) is 12.6 Å². The van der Waals surface area contributed by atoms with Gasteiger partial charge in [0.2, 0.25) is 0 Å². The van der Waals surface area contributed by atoms with Crippen molar-refractivity contribution < 1.29 is 4.74 Å². The van der Waals surface area contributed by atoms with Gasteiger partial charge in [0.1, 0.15) is 24.5 Å². The number of hydrogen-bond donors (Lipinski definition) is 1. The number of rotatable bonds is 6. The lowest BCUT2D eigenvalue weighted by molar-refractivity contribution is 0.297. The van der Waals surface area contributed by atoms with Crippen LogP contribution < -0.4 is 10.1 Å². The Bertz CT molecular complexity index is 883. The lowest BCUT2D eigenvalue weighted by atomic mass is 10.0. The van der Waals surface area contributed by atoms with Crippen molar-refractivity contribution in [3.05, 3.63) is 71.1 Å². The molecule has 0 fully saturated rings. The smallest absolute Gasteiger partial charge is 0.138 e. The molecule has 6 heteroatoms. The average molecular weight is 363 g/mol. The highest BCUT2D eigenvalue weighted by atomic mass is 16.5. The molecule has 6 nitrogen and oxygen atoms in total. The molecule has 0 saturated heterocycles. The summed E-state index contributed by atoms with van der Waals surface area (Å²) in [5, 5.41) is 7.95. The van der Waals surface area contributed by atoms with Gasteiger partial charge in [-0.25, -0.2) is 9.67 Å². The van der Waals surface area contributed by atoms with E-state index in [1.165, 1.54) is 5.56 Å². The number of aryl methyl sites for hydroxylation is 3. The van der Waals surface area contributed by atoms with Crippen LogP contribution in [-0.2, 0) is 26.1 Å². The summed E-state index contributed by atoms with van der Waals surface area (Å²) in [6.45, 7) is 6.43. The van der Waals surface area contributed by atoms with Gasteiger partial charge in [0.05, 0.1) is 12.2 Å². The van der Waals surface area contributed by atoms with Crippen molar-refractivity contribution in [2.24, 2.45) is 0 Å². The van der Waals surface area contributed by atoms with Gasteiger partial charge in [0.15, 0.2) is 0 Å². The molecule has 0 bridgehead atoms. The molecule has 1 N–H and O–H groups in total. The SMILES string of the molecule is Cc1cc(CNC2CCc3ncnn3C2)cc(C)c1OCc1ccccn1. The van der Waals surface area contributed by atoms with Gasteiger partial charge in [-0.2, -0.15) is 5.10 Å². The first kappa shape index (κ1) is 17.7. The molecule has 1 aliphatic heterocycles. The topological polar surface area (TPSA) is 64.9 Å². The van der Waals surface area contributed by atoms with E-state index in [9.17, 15) is 0 Å². The molecule has 0 spiro atoms. The third-order valence-electron chi connectivity index (χ3n) is 5.01. The molecule has 1 atom stereocenters. The van der Waals surface area contributed by atoms with E-state index >= 15 is 0 Å². The number of benzene rings is 1. The van der Waals surface area contributed by atoms with Crippen LogP contribution in [0.3, 0.4) is 0 Å². The van der Waals surface area contributed by atoms with Crippen LogP contribution in [0.25, 0.3) is 0 Å². The largest absolute Gasteiger partial charge is 0.487 e. The lowest BCUT2D eigenvalue weighted by Gasteiger charge is -2.24. The van der Waals surface area contributed by atoms with Gasteiger partial charge >= 0.3 is 0 Å². The van der Waals surface area contributed by atoms with Gasteiger partial charge in [0.25, 0.3) is 0 Å². The summed E-state index contributed by atoms with van der Waals surface area (Å²) in [7, 11) is 0. The predicted molar refractivity (Wildman–Crippen MR) is 103 cm³/mol. The van der Waals surface area contributed by atoms with Crippen LogP contribution in [0.2, 0.25) is 0 Å². The van der Waals surface area contributed by atoms with Crippen LogP contribution >= 0.6 is 0 Å². The summed E-state index contributed by atoms with van der Waals surface area (Å²) < 4.78 is 8.04. The molecule has 4 rings (SSSR count). The fourth-order valence-electron chi connectivity index (χ4n) is 3.67. The molecular weight excluding hydrogens is 338 g/mol. The van der Waals surface area contributed by atoms with Crippen LogP contribution in [0, 0.1) is 13.8 Å². The standard InChI is InChI=1S/C21H25N5O/c1-15-9-17(11-23-18-6-7-20-24-14-25-26(20)12-18)10-16(2)21(15)27-13-19-5-3-4-8-22-19/h3-5,8-10,14,18,23H,6-7,11-13H2,1-2H3. The summed E-state index contributed by atoms with van der Waals surface area (Å²) in [6.07, 6.45) is 5.52. The summed E-state index contributed by atoms with van der Waals surface area (Å²) >= 11 is 0. The number of ether oxygens (including phenoxy) is 1. The maximum absolute atomic E-state index is 6.03. The lowest BCUT2D eigenvalue weighted by Crippen LogP contribution is -2.37. The summed E-state index contributed by atoms with van der Waals surface area (Å²) in [5.41, 5.74) is 4.53. The second kappa shape index (κ2) is 7.88. The number of hydrogen-bond acceptors (Lipinski definition) is 5. The van der Waals surface area contributed by atoms with E-state index in [1.54, 1.807) is 12.5 Å². The van der Waals surface area contributed by atoms with Crippen molar-refractivity contribution in [1.29, 1.82) is 0 Å². The Morgan fingerprint density at radius 1 is 1.19 bits per heavy atom. The zero-order valence-corrected chi connectivity index (χ0v) is 15.9. The molecule has 140 valence electrons. The Labute approximate surface area is 159 Å². The molecular formula is C21H25N5O. The minimum atomic E-state index is 0.430. The Morgan fingerprint density at radius 3 is 2.81 bits per heavy atom. The maximum atomic E-state index is 6.03. The second-order valence-electron chi connectivity index (χ2n) is 7.14. The minimum Gasteiger partial charge on any atom is -0.487 e. The molecule has 1 aliphatic rings. The monoisotopic (exact) mass is 363 g/mol. The van der Waals surface area contributed by atoms with Gasteiger partial charge in [-0.1, -0.05) is 18.2 Å². The zero-order chi connectivity index (χ0) is 18.6.